The number of nitrogens with zero attached hydrogens (tertiary/aromatic N) is 2. The molecule has 0 heterocycles. The summed E-state index contributed by atoms with van der Waals surface area (Å²) >= 11 is 6.21. The molecule has 0 aliphatic rings. The van der Waals surface area contributed by atoms with Crippen LogP contribution in [0.15, 0.2) is 82.8 Å². The Morgan fingerprint density at radius 2 is 1.78 bits per heavy atom. The van der Waals surface area contributed by atoms with Gasteiger partial charge in [-0.2, -0.15) is 5.10 Å². The van der Waals surface area contributed by atoms with Crippen molar-refractivity contribution >= 4 is 39.4 Å². The first-order valence-electron chi connectivity index (χ1n) is 9.61. The lowest BCUT2D eigenvalue weighted by Gasteiger charge is -2.24. The number of carbonyl (C=O) groups excluding carboxylic acids is 1. The van der Waals surface area contributed by atoms with Crippen LogP contribution in [0.1, 0.15) is 11.1 Å². The number of aryl methyl sites for hydroxylation is 1. The van der Waals surface area contributed by atoms with E-state index >= 15 is 0 Å². The monoisotopic (exact) mass is 471 g/mol. The fraction of sp³-hybridized carbons (Fsp3) is 0.130. The van der Waals surface area contributed by atoms with Crippen molar-refractivity contribution in [3.05, 3.63) is 88.9 Å². The van der Waals surface area contributed by atoms with Gasteiger partial charge in [0.2, 0.25) is 0 Å². The van der Waals surface area contributed by atoms with Gasteiger partial charge < -0.3 is 4.74 Å². The lowest BCUT2D eigenvalue weighted by molar-refractivity contribution is -0.119. The first-order chi connectivity index (χ1) is 15.3. The number of amides is 1. The highest BCUT2D eigenvalue weighted by molar-refractivity contribution is 7.92. The van der Waals surface area contributed by atoms with Crippen molar-refractivity contribution in [2.24, 2.45) is 5.10 Å². The molecule has 166 valence electrons. The van der Waals surface area contributed by atoms with Crippen molar-refractivity contribution in [2.75, 3.05) is 18.0 Å². The number of halogens is 1. The summed E-state index contributed by atoms with van der Waals surface area (Å²) in [5, 5.41) is 4.31. The molecule has 0 saturated heterocycles. The maximum atomic E-state index is 13.3. The van der Waals surface area contributed by atoms with Crippen LogP contribution in [0.2, 0.25) is 5.02 Å². The minimum Gasteiger partial charge on any atom is -0.497 e. The number of hydrazone groups is 1. The highest BCUT2D eigenvalue weighted by Gasteiger charge is 2.27. The third kappa shape index (κ3) is 5.66. The van der Waals surface area contributed by atoms with Crippen LogP contribution in [0.3, 0.4) is 0 Å². The molecule has 1 N–H and O–H groups in total. The van der Waals surface area contributed by atoms with Crippen LogP contribution in [0.25, 0.3) is 0 Å². The molecule has 0 spiro atoms. The second-order valence-electron chi connectivity index (χ2n) is 6.82. The van der Waals surface area contributed by atoms with Crippen LogP contribution >= 0.6 is 11.6 Å². The highest BCUT2D eigenvalue weighted by atomic mass is 35.5. The Labute approximate surface area is 192 Å². The Kier molecular flexibility index (Phi) is 7.50. The van der Waals surface area contributed by atoms with E-state index in [1.54, 1.807) is 61.7 Å². The second-order valence-corrected chi connectivity index (χ2v) is 9.09. The fourth-order valence-electron chi connectivity index (χ4n) is 2.81. The van der Waals surface area contributed by atoms with Gasteiger partial charge >= 0.3 is 0 Å². The van der Waals surface area contributed by atoms with E-state index in [2.05, 4.69) is 10.5 Å². The number of rotatable bonds is 8. The molecule has 0 aromatic heterocycles. The molecule has 0 fully saturated rings. The Bertz CT molecular complexity index is 1210. The summed E-state index contributed by atoms with van der Waals surface area (Å²) in [6.45, 7) is 1.33. The molecule has 0 unspecified atom stereocenters. The molecular weight excluding hydrogens is 450 g/mol. The zero-order valence-electron chi connectivity index (χ0n) is 17.5. The minimum atomic E-state index is -4.02. The molecule has 7 nitrogen and oxygen atoms in total. The third-order valence-corrected chi connectivity index (χ3v) is 6.78. The summed E-state index contributed by atoms with van der Waals surface area (Å²) < 4.78 is 32.6. The van der Waals surface area contributed by atoms with Gasteiger partial charge in [-0.1, -0.05) is 35.9 Å². The molecule has 1 amide bonds. The molecule has 0 saturated carbocycles. The van der Waals surface area contributed by atoms with Crippen LogP contribution in [-0.4, -0.2) is 34.2 Å². The summed E-state index contributed by atoms with van der Waals surface area (Å²) in [5.74, 6) is 0.0932. The lowest BCUT2D eigenvalue weighted by atomic mass is 10.2. The summed E-state index contributed by atoms with van der Waals surface area (Å²) in [5.41, 5.74) is 4.18. The van der Waals surface area contributed by atoms with Gasteiger partial charge in [-0.25, -0.2) is 13.8 Å². The zero-order chi connectivity index (χ0) is 23.1. The second kappa shape index (κ2) is 10.3. The number of carbonyl (C=O) groups is 1. The fourth-order valence-corrected chi connectivity index (χ4v) is 4.41. The van der Waals surface area contributed by atoms with E-state index in [0.717, 1.165) is 15.4 Å². The number of anilines is 1. The zero-order valence-corrected chi connectivity index (χ0v) is 19.1. The van der Waals surface area contributed by atoms with E-state index in [1.165, 1.54) is 24.4 Å². The van der Waals surface area contributed by atoms with Crippen molar-refractivity contribution in [2.45, 2.75) is 11.8 Å². The number of sulfonamides is 1. The largest absolute Gasteiger partial charge is 0.497 e. The minimum absolute atomic E-state index is 0.0613. The Balaban J connectivity index is 1.82. The average Bonchev–Trinajstić information content (AvgIpc) is 2.80. The maximum Gasteiger partial charge on any atom is 0.264 e. The van der Waals surface area contributed by atoms with E-state index in [9.17, 15) is 13.2 Å². The SMILES string of the molecule is COc1ccc(/C=N\NC(=O)CN(c2ccc(C)c(Cl)c2)S(=O)(=O)c2ccccc2)cc1. The maximum absolute atomic E-state index is 13.3. The summed E-state index contributed by atoms with van der Waals surface area (Å²) in [6, 6.07) is 19.8. The first-order valence-corrected chi connectivity index (χ1v) is 11.4. The van der Waals surface area contributed by atoms with Crippen molar-refractivity contribution in [1.29, 1.82) is 0 Å². The van der Waals surface area contributed by atoms with E-state index in [-0.39, 0.29) is 10.6 Å². The van der Waals surface area contributed by atoms with Gasteiger partial charge in [0.05, 0.1) is 23.9 Å². The molecule has 32 heavy (non-hydrogen) atoms. The number of ether oxygens (including phenoxy) is 1. The van der Waals surface area contributed by atoms with Crippen LogP contribution in [0.5, 0.6) is 5.75 Å². The molecule has 3 aromatic carbocycles. The van der Waals surface area contributed by atoms with Crippen molar-refractivity contribution in [3.8, 4) is 5.75 Å². The average molecular weight is 472 g/mol. The number of benzene rings is 3. The predicted octanol–water partition coefficient (Wildman–Crippen LogP) is 4.00. The predicted molar refractivity (Wildman–Crippen MR) is 126 cm³/mol. The molecule has 3 aromatic rings. The van der Waals surface area contributed by atoms with Gasteiger partial charge in [0, 0.05) is 5.02 Å². The molecule has 3 rings (SSSR count). The van der Waals surface area contributed by atoms with Crippen molar-refractivity contribution in [3.63, 3.8) is 0 Å². The number of hydrogen-bond donors (Lipinski definition) is 1. The Hall–Kier alpha value is -3.36. The lowest BCUT2D eigenvalue weighted by Crippen LogP contribution is -2.39. The van der Waals surface area contributed by atoms with Crippen LogP contribution in [0, 0.1) is 6.92 Å². The smallest absolute Gasteiger partial charge is 0.264 e. The molecule has 0 atom stereocenters. The number of nitrogens with one attached hydrogen (secondary N) is 1. The van der Waals surface area contributed by atoms with Gasteiger partial charge in [0.1, 0.15) is 12.3 Å². The number of hydrogen-bond acceptors (Lipinski definition) is 5. The van der Waals surface area contributed by atoms with Gasteiger partial charge in [0.25, 0.3) is 15.9 Å². The molecular formula is C23H22ClN3O4S. The topological polar surface area (TPSA) is 88.1 Å². The molecule has 0 aliphatic heterocycles. The Morgan fingerprint density at radius 1 is 1.09 bits per heavy atom. The third-order valence-electron chi connectivity index (χ3n) is 4.58. The van der Waals surface area contributed by atoms with Crippen molar-refractivity contribution < 1.29 is 17.9 Å². The first kappa shape index (κ1) is 23.3. The normalized spacial score (nSPS) is 11.3. The summed E-state index contributed by atoms with van der Waals surface area (Å²) in [7, 11) is -2.45. The molecule has 0 radical (unpaired) electrons. The number of methoxy groups -OCH3 is 1. The van der Waals surface area contributed by atoms with E-state index in [4.69, 9.17) is 16.3 Å². The quantitative estimate of drug-likeness (QED) is 0.397. The van der Waals surface area contributed by atoms with Gasteiger partial charge in [-0.05, 0) is 66.6 Å². The van der Waals surface area contributed by atoms with Gasteiger partial charge in [0.15, 0.2) is 0 Å². The highest BCUT2D eigenvalue weighted by Crippen LogP contribution is 2.27. The van der Waals surface area contributed by atoms with E-state index < -0.39 is 22.5 Å². The molecule has 0 aliphatic carbocycles. The van der Waals surface area contributed by atoms with Gasteiger partial charge in [-0.3, -0.25) is 9.10 Å². The van der Waals surface area contributed by atoms with Crippen molar-refractivity contribution in [1.82, 2.24) is 5.43 Å². The van der Waals surface area contributed by atoms with Crippen LogP contribution in [0.4, 0.5) is 5.69 Å². The molecule has 9 heteroatoms. The van der Waals surface area contributed by atoms with Crippen LogP contribution in [-0.2, 0) is 14.8 Å². The molecule has 0 bridgehead atoms. The van der Waals surface area contributed by atoms with E-state index in [0.29, 0.717) is 10.8 Å². The van der Waals surface area contributed by atoms with E-state index in [1.807, 2.05) is 6.92 Å². The summed E-state index contributed by atoms with van der Waals surface area (Å²) in [4.78, 5) is 12.6. The standard InChI is InChI=1S/C23H22ClN3O4S/c1-17-8-11-19(14-22(17)24)27(32(29,30)21-6-4-3-5-7-21)16-23(28)26-25-15-18-9-12-20(31-2)13-10-18/h3-15H,16H2,1-2H3,(H,26,28)/b25-15-. The van der Waals surface area contributed by atoms with Crippen LogP contribution < -0.4 is 14.5 Å². The Morgan fingerprint density at radius 3 is 2.41 bits per heavy atom. The summed E-state index contributed by atoms with van der Waals surface area (Å²) in [6.07, 6.45) is 1.45. The van der Waals surface area contributed by atoms with Gasteiger partial charge in [-0.15, -0.1) is 0 Å².